The Morgan fingerprint density at radius 1 is 1.19 bits per heavy atom. The molecule has 27 heavy (non-hydrogen) atoms. The number of halogens is 1. The molecule has 4 aromatic rings. The molecular formula is C21H18ClN3O2. The average Bonchev–Trinajstić information content (AvgIpc) is 3.35. The predicted octanol–water partition coefficient (Wildman–Crippen LogP) is 4.84. The molecule has 2 N–H and O–H groups in total. The van der Waals surface area contributed by atoms with Crippen LogP contribution in [0.5, 0.6) is 0 Å². The van der Waals surface area contributed by atoms with Gasteiger partial charge in [0.25, 0.3) is 5.91 Å². The van der Waals surface area contributed by atoms with Gasteiger partial charge in [0.2, 0.25) is 5.89 Å². The van der Waals surface area contributed by atoms with Crippen molar-refractivity contribution in [2.45, 2.75) is 12.8 Å². The standard InChI is InChI=1S/C21H18ClN3O2/c22-17-7-8-19-18(12-17)16(13-25-19)2-1-9-23-20(26)14-3-5-15(6-4-14)21-24-10-11-27-21/h3-8,10-13,25H,1-2,9H2,(H,23,26). The number of carbonyl (C=O) groups excluding carboxylic acids is 1. The molecule has 0 aliphatic carbocycles. The van der Waals surface area contributed by atoms with Crippen LogP contribution >= 0.6 is 11.6 Å². The van der Waals surface area contributed by atoms with Gasteiger partial charge in [-0.2, -0.15) is 0 Å². The number of aromatic nitrogens is 2. The normalized spacial score (nSPS) is 11.0. The van der Waals surface area contributed by atoms with Gasteiger partial charge in [-0.3, -0.25) is 4.79 Å². The van der Waals surface area contributed by atoms with Gasteiger partial charge in [-0.05, 0) is 60.9 Å². The van der Waals surface area contributed by atoms with E-state index in [-0.39, 0.29) is 5.91 Å². The molecule has 0 radical (unpaired) electrons. The highest BCUT2D eigenvalue weighted by atomic mass is 35.5. The highest BCUT2D eigenvalue weighted by Gasteiger charge is 2.08. The summed E-state index contributed by atoms with van der Waals surface area (Å²) in [7, 11) is 0. The van der Waals surface area contributed by atoms with E-state index < -0.39 is 0 Å². The number of amides is 1. The second-order valence-electron chi connectivity index (χ2n) is 6.28. The molecule has 0 atom stereocenters. The van der Waals surface area contributed by atoms with E-state index in [9.17, 15) is 4.79 Å². The highest BCUT2D eigenvalue weighted by Crippen LogP contribution is 2.23. The van der Waals surface area contributed by atoms with Gasteiger partial charge in [-0.15, -0.1) is 0 Å². The van der Waals surface area contributed by atoms with Crippen LogP contribution in [0.15, 0.2) is 65.5 Å². The number of H-pyrrole nitrogens is 1. The molecule has 0 saturated carbocycles. The van der Waals surface area contributed by atoms with Crippen LogP contribution in [-0.2, 0) is 6.42 Å². The summed E-state index contributed by atoms with van der Waals surface area (Å²) in [5, 5.41) is 4.82. The van der Waals surface area contributed by atoms with Gasteiger partial charge >= 0.3 is 0 Å². The van der Waals surface area contributed by atoms with Crippen molar-refractivity contribution in [3.8, 4) is 11.5 Å². The van der Waals surface area contributed by atoms with Crippen LogP contribution in [0.1, 0.15) is 22.3 Å². The largest absolute Gasteiger partial charge is 0.445 e. The number of oxazole rings is 1. The van der Waals surface area contributed by atoms with Crippen molar-refractivity contribution in [2.75, 3.05) is 6.54 Å². The van der Waals surface area contributed by atoms with Crippen LogP contribution in [0, 0.1) is 0 Å². The summed E-state index contributed by atoms with van der Waals surface area (Å²) in [6, 6.07) is 13.0. The fourth-order valence-electron chi connectivity index (χ4n) is 3.07. The van der Waals surface area contributed by atoms with Crippen molar-refractivity contribution in [3.63, 3.8) is 0 Å². The zero-order valence-electron chi connectivity index (χ0n) is 14.5. The molecule has 2 aromatic carbocycles. The first-order valence-corrected chi connectivity index (χ1v) is 9.12. The smallest absolute Gasteiger partial charge is 0.251 e. The predicted molar refractivity (Wildman–Crippen MR) is 106 cm³/mol. The zero-order valence-corrected chi connectivity index (χ0v) is 15.3. The van der Waals surface area contributed by atoms with Crippen molar-refractivity contribution in [3.05, 3.63) is 77.3 Å². The summed E-state index contributed by atoms with van der Waals surface area (Å²) in [6.07, 6.45) is 6.84. The molecule has 2 aromatic heterocycles. The molecule has 0 fully saturated rings. The number of aryl methyl sites for hydroxylation is 1. The van der Waals surface area contributed by atoms with Crippen LogP contribution in [0.3, 0.4) is 0 Å². The lowest BCUT2D eigenvalue weighted by Crippen LogP contribution is -2.24. The number of benzene rings is 2. The number of hydrogen-bond donors (Lipinski definition) is 2. The summed E-state index contributed by atoms with van der Waals surface area (Å²) in [5.74, 6) is 0.455. The lowest BCUT2D eigenvalue weighted by Gasteiger charge is -2.06. The van der Waals surface area contributed by atoms with E-state index in [1.165, 1.54) is 11.8 Å². The van der Waals surface area contributed by atoms with Crippen molar-refractivity contribution in [1.29, 1.82) is 0 Å². The van der Waals surface area contributed by atoms with Gasteiger partial charge in [-0.1, -0.05) is 11.6 Å². The van der Waals surface area contributed by atoms with Crippen LogP contribution in [0.2, 0.25) is 5.02 Å². The van der Waals surface area contributed by atoms with E-state index in [1.54, 1.807) is 18.3 Å². The highest BCUT2D eigenvalue weighted by molar-refractivity contribution is 6.31. The zero-order chi connectivity index (χ0) is 18.6. The van der Waals surface area contributed by atoms with Gasteiger partial charge in [0.15, 0.2) is 0 Å². The minimum atomic E-state index is -0.0871. The number of hydrogen-bond acceptors (Lipinski definition) is 3. The fourth-order valence-corrected chi connectivity index (χ4v) is 3.24. The third-order valence-corrected chi connectivity index (χ3v) is 4.70. The van der Waals surface area contributed by atoms with Crippen molar-refractivity contribution < 1.29 is 9.21 Å². The molecule has 0 spiro atoms. The van der Waals surface area contributed by atoms with Crippen molar-refractivity contribution >= 4 is 28.4 Å². The SMILES string of the molecule is O=C(NCCCc1c[nH]c2ccc(Cl)cc12)c1ccc(-c2ncco2)cc1. The minimum absolute atomic E-state index is 0.0871. The van der Waals surface area contributed by atoms with Gasteiger partial charge in [0.1, 0.15) is 6.26 Å². The first kappa shape index (κ1) is 17.4. The van der Waals surface area contributed by atoms with E-state index >= 15 is 0 Å². The Morgan fingerprint density at radius 3 is 2.81 bits per heavy atom. The maximum atomic E-state index is 12.3. The Labute approximate surface area is 161 Å². The van der Waals surface area contributed by atoms with Gasteiger partial charge in [0, 0.05) is 39.8 Å². The van der Waals surface area contributed by atoms with Gasteiger partial charge in [0.05, 0.1) is 6.20 Å². The van der Waals surface area contributed by atoms with Crippen LogP contribution in [0.4, 0.5) is 0 Å². The van der Waals surface area contributed by atoms with E-state index in [2.05, 4.69) is 15.3 Å². The maximum Gasteiger partial charge on any atom is 0.251 e. The number of aromatic amines is 1. The monoisotopic (exact) mass is 379 g/mol. The van der Waals surface area contributed by atoms with Crippen LogP contribution < -0.4 is 5.32 Å². The molecule has 5 nitrogen and oxygen atoms in total. The number of rotatable bonds is 6. The van der Waals surface area contributed by atoms with Crippen molar-refractivity contribution in [2.24, 2.45) is 0 Å². The molecule has 4 rings (SSSR count). The average molecular weight is 380 g/mol. The molecule has 136 valence electrons. The Balaban J connectivity index is 1.31. The molecule has 6 heteroatoms. The van der Waals surface area contributed by atoms with E-state index in [4.69, 9.17) is 16.0 Å². The molecule has 0 saturated heterocycles. The third-order valence-electron chi connectivity index (χ3n) is 4.46. The summed E-state index contributed by atoms with van der Waals surface area (Å²) in [5.41, 5.74) is 3.74. The lowest BCUT2D eigenvalue weighted by atomic mass is 10.1. The fraction of sp³-hybridized carbons (Fsp3) is 0.143. The lowest BCUT2D eigenvalue weighted by molar-refractivity contribution is 0.0953. The Kier molecular flexibility index (Phi) is 4.94. The number of nitrogens with zero attached hydrogens (tertiary/aromatic N) is 1. The van der Waals surface area contributed by atoms with Crippen LogP contribution in [-0.4, -0.2) is 22.4 Å². The summed E-state index contributed by atoms with van der Waals surface area (Å²) in [6.45, 7) is 0.605. The second kappa shape index (κ2) is 7.68. The number of nitrogens with one attached hydrogen (secondary N) is 2. The Bertz CT molecular complexity index is 1050. The van der Waals surface area contributed by atoms with Gasteiger partial charge < -0.3 is 14.7 Å². The molecule has 1 amide bonds. The van der Waals surface area contributed by atoms with Crippen molar-refractivity contribution in [1.82, 2.24) is 15.3 Å². The van der Waals surface area contributed by atoms with E-state index in [0.29, 0.717) is 18.0 Å². The Morgan fingerprint density at radius 2 is 2.04 bits per heavy atom. The van der Waals surface area contributed by atoms with Crippen LogP contribution in [0.25, 0.3) is 22.4 Å². The Hall–Kier alpha value is -3.05. The quantitative estimate of drug-likeness (QED) is 0.471. The summed E-state index contributed by atoms with van der Waals surface area (Å²) in [4.78, 5) is 19.6. The van der Waals surface area contributed by atoms with E-state index in [0.717, 1.165) is 34.3 Å². The van der Waals surface area contributed by atoms with E-state index in [1.807, 2.05) is 36.5 Å². The van der Waals surface area contributed by atoms with Gasteiger partial charge in [-0.25, -0.2) is 4.98 Å². The summed E-state index contributed by atoms with van der Waals surface area (Å²) >= 11 is 6.08. The number of fused-ring (bicyclic) bond motifs is 1. The third kappa shape index (κ3) is 3.88. The number of carbonyl (C=O) groups is 1. The molecule has 0 bridgehead atoms. The first-order chi connectivity index (χ1) is 13.2. The molecule has 2 heterocycles. The second-order valence-corrected chi connectivity index (χ2v) is 6.71. The minimum Gasteiger partial charge on any atom is -0.445 e. The summed E-state index contributed by atoms with van der Waals surface area (Å²) < 4.78 is 5.25. The molecule has 0 aliphatic rings. The topological polar surface area (TPSA) is 70.9 Å². The maximum absolute atomic E-state index is 12.3. The first-order valence-electron chi connectivity index (χ1n) is 8.74. The molecule has 0 aliphatic heterocycles. The molecule has 0 unspecified atom stereocenters. The molecular weight excluding hydrogens is 362 g/mol.